The molecule has 1 aromatic carbocycles. The number of likely N-dealkylation sites (tertiary alicyclic amines) is 1. The number of aliphatic hydroxyl groups is 1. The normalized spacial score (nSPS) is 20.0. The first-order valence-corrected chi connectivity index (χ1v) is 7.58. The summed E-state index contributed by atoms with van der Waals surface area (Å²) in [5.41, 5.74) is 0.440. The fourth-order valence-corrected chi connectivity index (χ4v) is 3.22. The summed E-state index contributed by atoms with van der Waals surface area (Å²) in [4.78, 5) is 2.37. The SMILES string of the molecule is CCN1CCC(O)(Cc2ccc(Br)cc2Cl)CC1. The molecule has 0 radical (unpaired) electrons. The van der Waals surface area contributed by atoms with Crippen molar-refractivity contribution in [3.05, 3.63) is 33.3 Å². The Morgan fingerprint density at radius 2 is 2.06 bits per heavy atom. The summed E-state index contributed by atoms with van der Waals surface area (Å²) in [7, 11) is 0. The number of nitrogens with zero attached hydrogens (tertiary/aromatic N) is 1. The Labute approximate surface area is 122 Å². The highest BCUT2D eigenvalue weighted by molar-refractivity contribution is 9.10. The summed E-state index contributed by atoms with van der Waals surface area (Å²) in [5.74, 6) is 0. The third-order valence-electron chi connectivity index (χ3n) is 3.77. The Bertz CT molecular complexity index is 416. The standard InChI is InChI=1S/C14H19BrClNO/c1-2-17-7-5-14(18,6-8-17)10-11-3-4-12(15)9-13(11)16/h3-4,9,18H,2,5-8,10H2,1H3. The van der Waals surface area contributed by atoms with Gasteiger partial charge in [0.05, 0.1) is 5.60 Å². The van der Waals surface area contributed by atoms with Crippen molar-refractivity contribution in [1.82, 2.24) is 4.90 Å². The van der Waals surface area contributed by atoms with Crippen LogP contribution in [0.4, 0.5) is 0 Å². The van der Waals surface area contributed by atoms with Gasteiger partial charge in [-0.3, -0.25) is 0 Å². The van der Waals surface area contributed by atoms with Crippen molar-refractivity contribution in [2.24, 2.45) is 0 Å². The van der Waals surface area contributed by atoms with E-state index in [9.17, 15) is 5.11 Å². The average molecular weight is 333 g/mol. The van der Waals surface area contributed by atoms with Crippen LogP contribution in [0.3, 0.4) is 0 Å². The van der Waals surface area contributed by atoms with E-state index in [0.29, 0.717) is 6.42 Å². The van der Waals surface area contributed by atoms with Gasteiger partial charge < -0.3 is 10.0 Å². The van der Waals surface area contributed by atoms with E-state index in [2.05, 4.69) is 27.8 Å². The molecule has 100 valence electrons. The molecule has 0 unspecified atom stereocenters. The lowest BCUT2D eigenvalue weighted by Crippen LogP contribution is -2.45. The molecule has 1 fully saturated rings. The molecular formula is C14H19BrClNO. The second-order valence-corrected chi connectivity index (χ2v) is 6.39. The minimum atomic E-state index is -0.594. The predicted molar refractivity (Wildman–Crippen MR) is 79.2 cm³/mol. The molecule has 0 aromatic heterocycles. The van der Waals surface area contributed by atoms with Crippen molar-refractivity contribution >= 4 is 27.5 Å². The summed E-state index contributed by atoms with van der Waals surface area (Å²) in [6.45, 7) is 5.17. The molecule has 1 heterocycles. The largest absolute Gasteiger partial charge is 0.389 e. The maximum atomic E-state index is 10.6. The molecule has 1 aromatic rings. The van der Waals surface area contributed by atoms with Crippen LogP contribution >= 0.6 is 27.5 Å². The number of piperidine rings is 1. The highest BCUT2D eigenvalue weighted by Crippen LogP contribution is 2.30. The smallest absolute Gasteiger partial charge is 0.0712 e. The highest BCUT2D eigenvalue weighted by atomic mass is 79.9. The molecule has 1 N–H and O–H groups in total. The van der Waals surface area contributed by atoms with Crippen LogP contribution in [0.5, 0.6) is 0 Å². The molecule has 0 aliphatic carbocycles. The maximum absolute atomic E-state index is 10.6. The van der Waals surface area contributed by atoms with E-state index in [0.717, 1.165) is 47.5 Å². The van der Waals surface area contributed by atoms with E-state index in [1.165, 1.54) is 0 Å². The van der Waals surface area contributed by atoms with Gasteiger partial charge in [-0.2, -0.15) is 0 Å². The Kier molecular flexibility index (Phi) is 4.70. The molecule has 0 atom stereocenters. The van der Waals surface area contributed by atoms with Gasteiger partial charge in [-0.25, -0.2) is 0 Å². The minimum absolute atomic E-state index is 0.594. The van der Waals surface area contributed by atoms with Gasteiger partial charge in [-0.05, 0) is 37.1 Å². The monoisotopic (exact) mass is 331 g/mol. The van der Waals surface area contributed by atoms with E-state index in [1.54, 1.807) is 0 Å². The van der Waals surface area contributed by atoms with E-state index in [1.807, 2.05) is 18.2 Å². The van der Waals surface area contributed by atoms with Crippen LogP contribution < -0.4 is 0 Å². The molecule has 1 aliphatic rings. The van der Waals surface area contributed by atoms with Crippen LogP contribution in [-0.2, 0) is 6.42 Å². The zero-order valence-electron chi connectivity index (χ0n) is 10.6. The summed E-state index contributed by atoms with van der Waals surface area (Å²) in [6, 6.07) is 5.86. The van der Waals surface area contributed by atoms with Crippen LogP contribution in [0.15, 0.2) is 22.7 Å². The Hall–Kier alpha value is -0.0900. The molecule has 0 bridgehead atoms. The molecule has 0 spiro atoms. The van der Waals surface area contributed by atoms with Crippen LogP contribution in [0.2, 0.25) is 5.02 Å². The Balaban J connectivity index is 2.04. The number of rotatable bonds is 3. The van der Waals surface area contributed by atoms with Gasteiger partial charge in [-0.1, -0.05) is 40.5 Å². The topological polar surface area (TPSA) is 23.5 Å². The van der Waals surface area contributed by atoms with Crippen LogP contribution in [-0.4, -0.2) is 35.2 Å². The van der Waals surface area contributed by atoms with Gasteiger partial charge in [0.1, 0.15) is 0 Å². The molecule has 2 nitrogen and oxygen atoms in total. The highest BCUT2D eigenvalue weighted by Gasteiger charge is 2.32. The summed E-state index contributed by atoms with van der Waals surface area (Å²) in [5, 5.41) is 11.4. The quantitative estimate of drug-likeness (QED) is 0.916. The van der Waals surface area contributed by atoms with E-state index < -0.39 is 5.60 Å². The third-order valence-corrected chi connectivity index (χ3v) is 4.61. The van der Waals surface area contributed by atoms with Gasteiger partial charge in [0, 0.05) is 29.0 Å². The van der Waals surface area contributed by atoms with Crippen molar-refractivity contribution in [3.63, 3.8) is 0 Å². The van der Waals surface area contributed by atoms with Crippen molar-refractivity contribution in [2.45, 2.75) is 31.8 Å². The first kappa shape index (κ1) is 14.3. The van der Waals surface area contributed by atoms with E-state index in [4.69, 9.17) is 11.6 Å². The van der Waals surface area contributed by atoms with E-state index in [-0.39, 0.29) is 0 Å². The fourth-order valence-electron chi connectivity index (χ4n) is 2.48. The average Bonchev–Trinajstić information content (AvgIpc) is 2.34. The number of halogens is 2. The summed E-state index contributed by atoms with van der Waals surface area (Å²) >= 11 is 9.61. The van der Waals surface area contributed by atoms with Gasteiger partial charge in [-0.15, -0.1) is 0 Å². The van der Waals surface area contributed by atoms with Crippen LogP contribution in [0.1, 0.15) is 25.3 Å². The molecule has 1 aliphatic heterocycles. The van der Waals surface area contributed by atoms with Crippen molar-refractivity contribution < 1.29 is 5.11 Å². The zero-order valence-corrected chi connectivity index (χ0v) is 13.0. The second kappa shape index (κ2) is 5.91. The van der Waals surface area contributed by atoms with Crippen molar-refractivity contribution in [1.29, 1.82) is 0 Å². The van der Waals surface area contributed by atoms with Crippen molar-refractivity contribution in [3.8, 4) is 0 Å². The lowest BCUT2D eigenvalue weighted by molar-refractivity contribution is -0.0194. The van der Waals surface area contributed by atoms with Crippen molar-refractivity contribution in [2.75, 3.05) is 19.6 Å². The molecular weight excluding hydrogens is 314 g/mol. The molecule has 0 amide bonds. The number of benzene rings is 1. The number of hydrogen-bond acceptors (Lipinski definition) is 2. The maximum Gasteiger partial charge on any atom is 0.0712 e. The fraction of sp³-hybridized carbons (Fsp3) is 0.571. The second-order valence-electron chi connectivity index (χ2n) is 5.07. The molecule has 4 heteroatoms. The predicted octanol–water partition coefficient (Wildman–Crippen LogP) is 3.49. The summed E-state index contributed by atoms with van der Waals surface area (Å²) in [6.07, 6.45) is 2.30. The molecule has 18 heavy (non-hydrogen) atoms. The first-order chi connectivity index (χ1) is 8.52. The Morgan fingerprint density at radius 3 is 2.61 bits per heavy atom. The van der Waals surface area contributed by atoms with E-state index >= 15 is 0 Å². The minimum Gasteiger partial charge on any atom is -0.389 e. The summed E-state index contributed by atoms with van der Waals surface area (Å²) < 4.78 is 0.976. The van der Waals surface area contributed by atoms with Crippen LogP contribution in [0.25, 0.3) is 0 Å². The first-order valence-electron chi connectivity index (χ1n) is 6.41. The molecule has 2 rings (SSSR count). The molecule has 1 saturated heterocycles. The third kappa shape index (κ3) is 3.47. The lowest BCUT2D eigenvalue weighted by atomic mass is 9.85. The van der Waals surface area contributed by atoms with Crippen LogP contribution in [0, 0.1) is 0 Å². The van der Waals surface area contributed by atoms with Gasteiger partial charge in [0.15, 0.2) is 0 Å². The van der Waals surface area contributed by atoms with Gasteiger partial charge >= 0.3 is 0 Å². The lowest BCUT2D eigenvalue weighted by Gasteiger charge is -2.38. The molecule has 0 saturated carbocycles. The zero-order chi connectivity index (χ0) is 13.2. The Morgan fingerprint density at radius 1 is 1.39 bits per heavy atom. The van der Waals surface area contributed by atoms with Gasteiger partial charge in [0.25, 0.3) is 0 Å². The van der Waals surface area contributed by atoms with Gasteiger partial charge in [0.2, 0.25) is 0 Å². The number of hydrogen-bond donors (Lipinski definition) is 1.